The lowest BCUT2D eigenvalue weighted by Crippen LogP contribution is -2.29. The van der Waals surface area contributed by atoms with Crippen molar-refractivity contribution in [2.24, 2.45) is 0 Å². The van der Waals surface area contributed by atoms with Gasteiger partial charge in [-0.05, 0) is 74.8 Å². The first kappa shape index (κ1) is 17.1. The van der Waals surface area contributed by atoms with Gasteiger partial charge in [-0.25, -0.2) is 0 Å². The minimum absolute atomic E-state index is 0.189. The number of anilines is 1. The van der Waals surface area contributed by atoms with Gasteiger partial charge >= 0.3 is 0 Å². The summed E-state index contributed by atoms with van der Waals surface area (Å²) >= 11 is 6.13. The number of hydrogen-bond acceptors (Lipinski definition) is 2. The summed E-state index contributed by atoms with van der Waals surface area (Å²) < 4.78 is 0. The highest BCUT2D eigenvalue weighted by Crippen LogP contribution is 2.34. The van der Waals surface area contributed by atoms with Crippen molar-refractivity contribution >= 4 is 34.1 Å². The molecular weight excluding hydrogens is 346 g/mol. The van der Waals surface area contributed by atoms with Crippen LogP contribution >= 0.6 is 11.6 Å². The molecule has 4 rings (SSSR count). The Hall–Kier alpha value is -2.30. The summed E-state index contributed by atoms with van der Waals surface area (Å²) in [6.07, 6.45) is 4.46. The van der Waals surface area contributed by atoms with Crippen molar-refractivity contribution in [3.63, 3.8) is 0 Å². The number of likely N-dealkylation sites (tertiary alicyclic amines) is 1. The minimum Gasteiger partial charge on any atom is -0.361 e. The van der Waals surface area contributed by atoms with Crippen molar-refractivity contribution in [2.75, 3.05) is 25.5 Å². The van der Waals surface area contributed by atoms with Gasteiger partial charge in [0.15, 0.2) is 0 Å². The predicted octanol–water partition coefficient (Wildman–Crippen LogP) is 4.88. The van der Waals surface area contributed by atoms with Crippen molar-refractivity contribution in [3.05, 3.63) is 64.8 Å². The van der Waals surface area contributed by atoms with Crippen molar-refractivity contribution < 1.29 is 4.79 Å². The summed E-state index contributed by atoms with van der Waals surface area (Å²) in [6, 6.07) is 13.1. The molecule has 26 heavy (non-hydrogen) atoms. The molecule has 0 unspecified atom stereocenters. The highest BCUT2D eigenvalue weighted by molar-refractivity contribution is 6.34. The van der Waals surface area contributed by atoms with Crippen LogP contribution < -0.4 is 5.32 Å². The highest BCUT2D eigenvalue weighted by atomic mass is 35.5. The zero-order valence-electron chi connectivity index (χ0n) is 14.8. The SMILES string of the molecule is CN1CCC(c2c[nH]c3ccc(NC(=O)c4ccccc4Cl)cc23)CC1. The number of H-pyrrole nitrogens is 1. The van der Waals surface area contributed by atoms with Crippen LogP contribution in [0.2, 0.25) is 5.02 Å². The third-order valence-electron chi connectivity index (χ3n) is 5.25. The number of aromatic nitrogens is 1. The van der Waals surface area contributed by atoms with E-state index in [1.54, 1.807) is 12.1 Å². The Labute approximate surface area is 158 Å². The fourth-order valence-electron chi connectivity index (χ4n) is 3.72. The van der Waals surface area contributed by atoms with Gasteiger partial charge in [0.2, 0.25) is 0 Å². The molecule has 134 valence electrons. The van der Waals surface area contributed by atoms with E-state index in [1.807, 2.05) is 24.3 Å². The molecule has 1 aliphatic heterocycles. The fraction of sp³-hybridized carbons (Fsp3) is 0.286. The van der Waals surface area contributed by atoms with E-state index in [9.17, 15) is 4.79 Å². The van der Waals surface area contributed by atoms with Crippen LogP contribution in [0.15, 0.2) is 48.7 Å². The number of amides is 1. The molecule has 3 aromatic rings. The first-order valence-corrected chi connectivity index (χ1v) is 9.35. The van der Waals surface area contributed by atoms with Crippen LogP contribution in [0.5, 0.6) is 0 Å². The summed E-state index contributed by atoms with van der Waals surface area (Å²) in [5, 5.41) is 4.62. The van der Waals surface area contributed by atoms with Crippen LogP contribution in [0, 0.1) is 0 Å². The second kappa shape index (κ2) is 7.14. The van der Waals surface area contributed by atoms with E-state index < -0.39 is 0 Å². The van der Waals surface area contributed by atoms with Crippen LogP contribution in [-0.2, 0) is 0 Å². The number of nitrogens with zero attached hydrogens (tertiary/aromatic N) is 1. The number of halogens is 1. The van der Waals surface area contributed by atoms with Crippen LogP contribution in [0.1, 0.15) is 34.7 Å². The van der Waals surface area contributed by atoms with Gasteiger partial charge in [0, 0.05) is 22.8 Å². The normalized spacial score (nSPS) is 16.1. The third kappa shape index (κ3) is 3.35. The van der Waals surface area contributed by atoms with E-state index in [1.165, 1.54) is 23.8 Å². The van der Waals surface area contributed by atoms with Gasteiger partial charge in [-0.15, -0.1) is 0 Å². The summed E-state index contributed by atoms with van der Waals surface area (Å²) in [5.41, 5.74) is 3.73. The van der Waals surface area contributed by atoms with Gasteiger partial charge in [0.05, 0.1) is 10.6 Å². The summed E-state index contributed by atoms with van der Waals surface area (Å²) in [7, 11) is 2.17. The molecule has 1 amide bonds. The first-order chi connectivity index (χ1) is 12.6. The highest BCUT2D eigenvalue weighted by Gasteiger charge is 2.21. The van der Waals surface area contributed by atoms with E-state index >= 15 is 0 Å². The van der Waals surface area contributed by atoms with Crippen LogP contribution in [0.25, 0.3) is 10.9 Å². The van der Waals surface area contributed by atoms with E-state index in [-0.39, 0.29) is 5.91 Å². The van der Waals surface area contributed by atoms with E-state index in [0.717, 1.165) is 24.3 Å². The van der Waals surface area contributed by atoms with Crippen molar-refractivity contribution in [1.82, 2.24) is 9.88 Å². The molecular formula is C21H22ClN3O. The number of carbonyl (C=O) groups excluding carboxylic acids is 1. The van der Waals surface area contributed by atoms with Crippen molar-refractivity contribution in [3.8, 4) is 0 Å². The van der Waals surface area contributed by atoms with E-state index in [2.05, 4.69) is 34.5 Å². The smallest absolute Gasteiger partial charge is 0.257 e. The molecule has 0 atom stereocenters. The molecule has 2 aromatic carbocycles. The quantitative estimate of drug-likeness (QED) is 0.692. The molecule has 0 radical (unpaired) electrons. The summed E-state index contributed by atoms with van der Waals surface area (Å²) in [5.74, 6) is 0.376. The summed E-state index contributed by atoms with van der Waals surface area (Å²) in [4.78, 5) is 18.3. The maximum atomic E-state index is 12.5. The van der Waals surface area contributed by atoms with Crippen molar-refractivity contribution in [1.29, 1.82) is 0 Å². The second-order valence-electron chi connectivity index (χ2n) is 7.02. The molecule has 4 nitrogen and oxygen atoms in total. The van der Waals surface area contributed by atoms with E-state index in [4.69, 9.17) is 11.6 Å². The maximum absolute atomic E-state index is 12.5. The van der Waals surface area contributed by atoms with Crippen LogP contribution in [0.4, 0.5) is 5.69 Å². The molecule has 1 aliphatic rings. The molecule has 5 heteroatoms. The van der Waals surface area contributed by atoms with E-state index in [0.29, 0.717) is 16.5 Å². The number of carbonyl (C=O) groups is 1. The number of hydrogen-bond donors (Lipinski definition) is 2. The lowest BCUT2D eigenvalue weighted by atomic mass is 9.89. The minimum atomic E-state index is -0.189. The topological polar surface area (TPSA) is 48.1 Å². The van der Waals surface area contributed by atoms with Gasteiger partial charge < -0.3 is 15.2 Å². The Balaban J connectivity index is 1.60. The Bertz CT molecular complexity index is 941. The molecule has 0 spiro atoms. The van der Waals surface area contributed by atoms with Gasteiger partial charge in [-0.1, -0.05) is 23.7 Å². The average molecular weight is 368 g/mol. The largest absolute Gasteiger partial charge is 0.361 e. The standard InChI is InChI=1S/C21H22ClN3O/c1-25-10-8-14(9-11-25)18-13-23-20-7-6-15(12-17(18)20)24-21(26)16-4-2-3-5-19(16)22/h2-7,12-14,23H,8-11H2,1H3,(H,24,26). The number of benzene rings is 2. The Morgan fingerprint density at radius 1 is 1.19 bits per heavy atom. The third-order valence-corrected chi connectivity index (χ3v) is 5.58. The molecule has 0 aliphatic carbocycles. The zero-order valence-corrected chi connectivity index (χ0v) is 15.5. The number of aromatic amines is 1. The van der Waals surface area contributed by atoms with Gasteiger partial charge in [0.1, 0.15) is 0 Å². The second-order valence-corrected chi connectivity index (χ2v) is 7.42. The number of nitrogens with one attached hydrogen (secondary N) is 2. The molecule has 0 bridgehead atoms. The predicted molar refractivity (Wildman–Crippen MR) is 107 cm³/mol. The number of rotatable bonds is 3. The van der Waals surface area contributed by atoms with Crippen molar-refractivity contribution in [2.45, 2.75) is 18.8 Å². The Morgan fingerprint density at radius 3 is 2.73 bits per heavy atom. The lowest BCUT2D eigenvalue weighted by molar-refractivity contribution is 0.102. The first-order valence-electron chi connectivity index (χ1n) is 8.97. The molecule has 1 saturated heterocycles. The molecule has 2 N–H and O–H groups in total. The zero-order chi connectivity index (χ0) is 18.1. The molecule has 0 saturated carbocycles. The monoisotopic (exact) mass is 367 g/mol. The molecule has 1 fully saturated rings. The molecule has 2 heterocycles. The fourth-order valence-corrected chi connectivity index (χ4v) is 3.94. The maximum Gasteiger partial charge on any atom is 0.257 e. The van der Waals surface area contributed by atoms with Gasteiger partial charge in [0.25, 0.3) is 5.91 Å². The van der Waals surface area contributed by atoms with Crippen LogP contribution in [-0.4, -0.2) is 35.9 Å². The number of piperidine rings is 1. The summed E-state index contributed by atoms with van der Waals surface area (Å²) in [6.45, 7) is 2.25. The van der Waals surface area contributed by atoms with Gasteiger partial charge in [-0.2, -0.15) is 0 Å². The Kier molecular flexibility index (Phi) is 4.70. The lowest BCUT2D eigenvalue weighted by Gasteiger charge is -2.28. The Morgan fingerprint density at radius 2 is 1.96 bits per heavy atom. The van der Waals surface area contributed by atoms with Crippen LogP contribution in [0.3, 0.4) is 0 Å². The molecule has 1 aromatic heterocycles. The van der Waals surface area contributed by atoms with Gasteiger partial charge in [-0.3, -0.25) is 4.79 Å². The number of fused-ring (bicyclic) bond motifs is 1. The average Bonchev–Trinajstić information content (AvgIpc) is 3.06.